The van der Waals surface area contributed by atoms with Crippen LogP contribution in [0.4, 0.5) is 0 Å². The van der Waals surface area contributed by atoms with Gasteiger partial charge in [-0.1, -0.05) is 42.5 Å². The molecule has 0 N–H and O–H groups in total. The monoisotopic (exact) mass is 338 g/mol. The van der Waals surface area contributed by atoms with Crippen molar-refractivity contribution in [1.82, 2.24) is 0 Å². The van der Waals surface area contributed by atoms with Gasteiger partial charge in [-0.2, -0.15) is 4.57 Å². The van der Waals surface area contributed by atoms with E-state index in [0.29, 0.717) is 0 Å². The number of para-hydroxylation sites is 1. The van der Waals surface area contributed by atoms with Crippen LogP contribution in [0.25, 0.3) is 44.0 Å². The van der Waals surface area contributed by atoms with Crippen LogP contribution in [0, 0.1) is 6.92 Å². The molecule has 0 radical (unpaired) electrons. The molecule has 3 aromatic carbocycles. The zero-order chi connectivity index (χ0) is 17.4. The molecule has 3 nitrogen and oxygen atoms in total. The number of rotatable bonds is 0. The van der Waals surface area contributed by atoms with Crippen LogP contribution in [0.5, 0.6) is 11.5 Å². The molecule has 2 aromatic heterocycles. The van der Waals surface area contributed by atoms with Gasteiger partial charge in [0.05, 0.1) is 10.9 Å². The van der Waals surface area contributed by atoms with Crippen LogP contribution in [0.2, 0.25) is 0 Å². The van der Waals surface area contributed by atoms with Gasteiger partial charge in [-0.25, -0.2) is 0 Å². The molecule has 0 atom stereocenters. The molecule has 0 aliphatic carbocycles. The predicted octanol–water partition coefficient (Wildman–Crippen LogP) is 5.64. The maximum atomic E-state index is 6.48. The number of aryl methyl sites for hydroxylation is 2. The first-order valence-electron chi connectivity index (χ1n) is 8.77. The van der Waals surface area contributed by atoms with E-state index in [9.17, 15) is 0 Å². The van der Waals surface area contributed by atoms with Crippen molar-refractivity contribution in [3.8, 4) is 22.8 Å². The Hall–Kier alpha value is -3.33. The fraction of sp³-hybridized carbons (Fsp3) is 0.0870. The minimum Gasteiger partial charge on any atom is -0.450 e. The smallest absolute Gasteiger partial charge is 0.257 e. The van der Waals surface area contributed by atoms with E-state index in [0.717, 1.165) is 39.1 Å². The first-order chi connectivity index (χ1) is 12.7. The van der Waals surface area contributed by atoms with Crippen LogP contribution >= 0.6 is 0 Å². The molecule has 0 unspecified atom stereocenters. The molecule has 5 aromatic rings. The minimum absolute atomic E-state index is 0.844. The largest absolute Gasteiger partial charge is 0.450 e. The summed E-state index contributed by atoms with van der Waals surface area (Å²) in [5, 5.41) is 4.51. The Morgan fingerprint density at radius 2 is 1.73 bits per heavy atom. The van der Waals surface area contributed by atoms with E-state index in [4.69, 9.17) is 9.15 Å². The lowest BCUT2D eigenvalue weighted by Gasteiger charge is -2.20. The van der Waals surface area contributed by atoms with Crippen molar-refractivity contribution in [3.63, 3.8) is 0 Å². The van der Waals surface area contributed by atoms with Crippen molar-refractivity contribution < 1.29 is 13.7 Å². The molecule has 0 amide bonds. The van der Waals surface area contributed by atoms with Crippen LogP contribution < -0.4 is 9.30 Å². The number of aromatic nitrogens is 1. The van der Waals surface area contributed by atoms with E-state index < -0.39 is 0 Å². The Morgan fingerprint density at radius 3 is 2.65 bits per heavy atom. The number of nitrogens with zero attached hydrogens (tertiary/aromatic N) is 1. The zero-order valence-electron chi connectivity index (χ0n) is 14.5. The van der Waals surface area contributed by atoms with Gasteiger partial charge in [-0.15, -0.1) is 0 Å². The van der Waals surface area contributed by atoms with Crippen molar-refractivity contribution in [2.45, 2.75) is 6.92 Å². The molecular formula is C23H16NO2+. The quantitative estimate of drug-likeness (QED) is 0.335. The van der Waals surface area contributed by atoms with Gasteiger partial charge in [-0.3, -0.25) is 0 Å². The van der Waals surface area contributed by atoms with E-state index in [-0.39, 0.29) is 0 Å². The SMILES string of the molecule is Cc1ccc2cccc3c2c1-c1c(c2c(c[n+]1C)oc1ccccc12)O3. The van der Waals surface area contributed by atoms with Crippen molar-refractivity contribution in [1.29, 1.82) is 0 Å². The average Bonchev–Trinajstić information content (AvgIpc) is 3.02. The average molecular weight is 338 g/mol. The molecule has 26 heavy (non-hydrogen) atoms. The topological polar surface area (TPSA) is 26.2 Å². The van der Waals surface area contributed by atoms with Crippen molar-refractivity contribution in [3.05, 3.63) is 66.4 Å². The van der Waals surface area contributed by atoms with Crippen molar-refractivity contribution in [2.75, 3.05) is 0 Å². The first kappa shape index (κ1) is 13.9. The highest BCUT2D eigenvalue weighted by molar-refractivity contribution is 6.13. The van der Waals surface area contributed by atoms with Gasteiger partial charge < -0.3 is 9.15 Å². The molecule has 124 valence electrons. The molecule has 0 spiro atoms. The summed E-state index contributed by atoms with van der Waals surface area (Å²) in [6, 6.07) is 18.7. The highest BCUT2D eigenvalue weighted by Gasteiger charge is 2.32. The van der Waals surface area contributed by atoms with Crippen LogP contribution in [0.3, 0.4) is 0 Å². The molecule has 0 saturated heterocycles. The second kappa shape index (κ2) is 4.64. The molecule has 3 heterocycles. The summed E-state index contributed by atoms with van der Waals surface area (Å²) in [7, 11) is 2.06. The number of furan rings is 1. The summed E-state index contributed by atoms with van der Waals surface area (Å²) < 4.78 is 14.7. The molecule has 0 saturated carbocycles. The number of pyridine rings is 1. The van der Waals surface area contributed by atoms with Gasteiger partial charge >= 0.3 is 0 Å². The highest BCUT2D eigenvalue weighted by atomic mass is 16.5. The molecule has 1 aliphatic heterocycles. The third-order valence-electron chi connectivity index (χ3n) is 5.39. The second-order valence-corrected chi connectivity index (χ2v) is 6.97. The fourth-order valence-corrected chi connectivity index (χ4v) is 4.25. The van der Waals surface area contributed by atoms with Crippen molar-refractivity contribution >= 4 is 32.7 Å². The summed E-state index contributed by atoms with van der Waals surface area (Å²) in [6.45, 7) is 2.17. The van der Waals surface area contributed by atoms with E-state index in [1.807, 2.05) is 18.2 Å². The summed E-state index contributed by atoms with van der Waals surface area (Å²) in [6.07, 6.45) is 2.06. The number of hydrogen-bond donors (Lipinski definition) is 0. The zero-order valence-corrected chi connectivity index (χ0v) is 14.5. The second-order valence-electron chi connectivity index (χ2n) is 6.97. The number of fused-ring (bicyclic) bond motifs is 6. The number of ether oxygens (including phenoxy) is 1. The van der Waals surface area contributed by atoms with Crippen LogP contribution in [0.15, 0.2) is 65.2 Å². The van der Waals surface area contributed by atoms with Gasteiger partial charge in [0.1, 0.15) is 18.4 Å². The minimum atomic E-state index is 0.844. The Labute approximate surface area is 150 Å². The number of hydrogen-bond acceptors (Lipinski definition) is 2. The van der Waals surface area contributed by atoms with Gasteiger partial charge in [0.15, 0.2) is 0 Å². The summed E-state index contributed by atoms with van der Waals surface area (Å²) in [5.74, 6) is 1.79. The lowest BCUT2D eigenvalue weighted by Crippen LogP contribution is -2.32. The lowest BCUT2D eigenvalue weighted by molar-refractivity contribution is -0.659. The maximum absolute atomic E-state index is 6.48. The Morgan fingerprint density at radius 1 is 0.846 bits per heavy atom. The maximum Gasteiger partial charge on any atom is 0.257 e. The Kier molecular flexibility index (Phi) is 2.48. The number of benzene rings is 3. The van der Waals surface area contributed by atoms with Crippen molar-refractivity contribution in [2.24, 2.45) is 7.05 Å². The molecule has 0 fully saturated rings. The van der Waals surface area contributed by atoms with Gasteiger partial charge in [0.25, 0.3) is 5.69 Å². The van der Waals surface area contributed by atoms with Gasteiger partial charge in [0, 0.05) is 10.8 Å². The lowest BCUT2D eigenvalue weighted by atomic mass is 9.93. The van der Waals surface area contributed by atoms with Crippen LogP contribution in [0.1, 0.15) is 5.56 Å². The molecule has 6 rings (SSSR count). The molecular weight excluding hydrogens is 322 g/mol. The summed E-state index contributed by atoms with van der Waals surface area (Å²) >= 11 is 0. The van der Waals surface area contributed by atoms with E-state index in [2.05, 4.69) is 61.1 Å². The third kappa shape index (κ3) is 1.60. The predicted molar refractivity (Wildman–Crippen MR) is 103 cm³/mol. The fourth-order valence-electron chi connectivity index (χ4n) is 4.25. The van der Waals surface area contributed by atoms with E-state index in [1.165, 1.54) is 21.9 Å². The van der Waals surface area contributed by atoms with E-state index >= 15 is 0 Å². The summed E-state index contributed by atoms with van der Waals surface area (Å²) in [4.78, 5) is 0. The third-order valence-corrected chi connectivity index (χ3v) is 5.39. The highest BCUT2D eigenvalue weighted by Crippen LogP contribution is 2.50. The van der Waals surface area contributed by atoms with Crippen LogP contribution in [-0.4, -0.2) is 0 Å². The normalized spacial score (nSPS) is 12.5. The van der Waals surface area contributed by atoms with Crippen LogP contribution in [-0.2, 0) is 7.05 Å². The molecule has 0 bridgehead atoms. The first-order valence-corrected chi connectivity index (χ1v) is 8.77. The van der Waals surface area contributed by atoms with E-state index in [1.54, 1.807) is 0 Å². The van der Waals surface area contributed by atoms with Gasteiger partial charge in [0.2, 0.25) is 17.5 Å². The summed E-state index contributed by atoms with van der Waals surface area (Å²) in [5.41, 5.74) is 5.32. The molecule has 3 heteroatoms. The Balaban J connectivity index is 1.88. The van der Waals surface area contributed by atoms with Gasteiger partial charge in [-0.05, 0) is 30.0 Å². The standard InChI is InChI=1S/C23H16NO2/c1-13-10-11-14-6-5-9-17-20(14)19(13)22-23(26-17)21-15-7-3-4-8-16(15)25-18(21)12-24(22)2/h3-12H,1-2H3/q+1. The molecule has 1 aliphatic rings. The Bertz CT molecular complexity index is 1380.